The Morgan fingerprint density at radius 3 is 2.91 bits per heavy atom. The number of nitrogens with zero attached hydrogens (tertiary/aromatic N) is 1. The number of aromatic nitrogens is 1. The van der Waals surface area contributed by atoms with Crippen molar-refractivity contribution in [1.29, 1.82) is 0 Å². The Morgan fingerprint density at radius 2 is 2.03 bits per heavy atom. The molecule has 170 valence electrons. The first-order chi connectivity index (χ1) is 15.8. The second-order valence-electron chi connectivity index (χ2n) is 11.2. The number of rotatable bonds is 1. The number of carbonyl (C=O) groups is 1. The number of ketones is 1. The van der Waals surface area contributed by atoms with E-state index in [-0.39, 0.29) is 11.7 Å². The van der Waals surface area contributed by atoms with Crippen LogP contribution in [0, 0.1) is 11.3 Å². The molecule has 7 rings (SSSR count). The summed E-state index contributed by atoms with van der Waals surface area (Å²) in [6.45, 7) is 2.11. The van der Waals surface area contributed by atoms with Gasteiger partial charge in [-0.05, 0) is 66.3 Å². The number of fused-ring (bicyclic) bond motifs is 2. The van der Waals surface area contributed by atoms with Gasteiger partial charge in [-0.15, -0.1) is 0 Å². The Hall–Kier alpha value is -2.34. The number of aliphatic hydroxyl groups excluding tert-OH is 1. The zero-order chi connectivity index (χ0) is 22.6. The molecule has 2 aromatic rings. The van der Waals surface area contributed by atoms with Gasteiger partial charge in [0, 0.05) is 42.0 Å². The van der Waals surface area contributed by atoms with Crippen molar-refractivity contribution in [1.82, 2.24) is 4.98 Å². The molecule has 6 atom stereocenters. The van der Waals surface area contributed by atoms with Gasteiger partial charge in [-0.25, -0.2) is 0 Å². The first-order valence-corrected chi connectivity index (χ1v) is 12.2. The average Bonchev–Trinajstić information content (AvgIpc) is 3.23. The molecule has 0 unspecified atom stereocenters. The lowest BCUT2D eigenvalue weighted by Gasteiger charge is -2.55. The minimum atomic E-state index is -1.40. The smallest absolute Gasteiger partial charge is 0.136 e. The third-order valence-corrected chi connectivity index (χ3v) is 9.81. The van der Waals surface area contributed by atoms with Crippen molar-refractivity contribution in [2.75, 3.05) is 0 Å². The molecule has 5 aliphatic rings. The Labute approximate surface area is 193 Å². The maximum Gasteiger partial charge on any atom is 0.136 e. The van der Waals surface area contributed by atoms with Gasteiger partial charge in [0.25, 0.3) is 0 Å². The Balaban J connectivity index is 1.37. The lowest BCUT2D eigenvalue weighted by atomic mass is 9.56. The van der Waals surface area contributed by atoms with E-state index in [1.807, 2.05) is 24.3 Å². The fraction of sp³-hybridized carbons (Fsp3) is 0.500. The van der Waals surface area contributed by atoms with Gasteiger partial charge in [0.2, 0.25) is 0 Å². The molecule has 5 nitrogen and oxygen atoms in total. The Morgan fingerprint density at radius 1 is 1.15 bits per heavy atom. The molecule has 1 aromatic heterocycles. The Bertz CT molecular complexity index is 1280. The average molecular weight is 444 g/mol. The molecular weight excluding hydrogens is 414 g/mol. The number of benzene rings is 1. The van der Waals surface area contributed by atoms with E-state index in [0.717, 1.165) is 35.6 Å². The van der Waals surface area contributed by atoms with E-state index >= 15 is 0 Å². The molecule has 2 aliphatic heterocycles. The molecule has 1 aromatic carbocycles. The molecule has 3 fully saturated rings. The third kappa shape index (κ3) is 2.28. The molecule has 33 heavy (non-hydrogen) atoms. The van der Waals surface area contributed by atoms with Crippen LogP contribution in [0.3, 0.4) is 0 Å². The topological polar surface area (TPSA) is 79.7 Å². The molecule has 2 spiro atoms. The third-order valence-electron chi connectivity index (χ3n) is 9.81. The lowest BCUT2D eigenvalue weighted by molar-refractivity contribution is -0.174. The highest BCUT2D eigenvalue weighted by atomic mass is 16.5. The summed E-state index contributed by atoms with van der Waals surface area (Å²) in [6.07, 6.45) is 11.9. The monoisotopic (exact) mass is 443 g/mol. The summed E-state index contributed by atoms with van der Waals surface area (Å²) in [5.41, 5.74) is 0.179. The highest BCUT2D eigenvalue weighted by Gasteiger charge is 2.72. The maximum atomic E-state index is 12.4. The van der Waals surface area contributed by atoms with Gasteiger partial charge in [0.05, 0.1) is 17.3 Å². The molecule has 5 heteroatoms. The fourth-order valence-corrected chi connectivity index (χ4v) is 8.08. The van der Waals surface area contributed by atoms with Crippen LogP contribution < -0.4 is 0 Å². The molecule has 2 N–H and O–H groups in total. The highest BCUT2D eigenvalue weighted by molar-refractivity contribution is 5.83. The van der Waals surface area contributed by atoms with Crippen molar-refractivity contribution in [2.24, 2.45) is 11.3 Å². The number of hydrogen-bond donors (Lipinski definition) is 2. The zero-order valence-electron chi connectivity index (χ0n) is 18.9. The van der Waals surface area contributed by atoms with Crippen molar-refractivity contribution in [3.8, 4) is 0 Å². The van der Waals surface area contributed by atoms with E-state index in [0.29, 0.717) is 25.7 Å². The summed E-state index contributed by atoms with van der Waals surface area (Å²) >= 11 is 0. The van der Waals surface area contributed by atoms with E-state index in [9.17, 15) is 15.0 Å². The molecular formula is C28H29NO4. The number of ether oxygens (including phenoxy) is 1. The molecule has 3 heterocycles. The van der Waals surface area contributed by atoms with Crippen LogP contribution in [0.2, 0.25) is 0 Å². The second-order valence-corrected chi connectivity index (χ2v) is 11.2. The first-order valence-electron chi connectivity index (χ1n) is 12.2. The van der Waals surface area contributed by atoms with Crippen LogP contribution in [0.1, 0.15) is 57.4 Å². The van der Waals surface area contributed by atoms with Crippen molar-refractivity contribution in [3.05, 3.63) is 65.5 Å². The minimum Gasteiger partial charge on any atom is -0.390 e. The SMILES string of the molecule is C[C@]12CC=C3C=C4CCC(=O)C[C@]45CC[C@]3(O5)[C@@H]1C[C@@H](O)[C@]2(O)c1ccc2ccncc2c1. The van der Waals surface area contributed by atoms with E-state index in [4.69, 9.17) is 4.74 Å². The number of hydrogen-bond acceptors (Lipinski definition) is 5. The molecule has 0 amide bonds. The van der Waals surface area contributed by atoms with Gasteiger partial charge in [-0.2, -0.15) is 0 Å². The summed E-state index contributed by atoms with van der Waals surface area (Å²) in [6, 6.07) is 7.88. The van der Waals surface area contributed by atoms with Crippen LogP contribution in [-0.2, 0) is 15.1 Å². The Kier molecular flexibility index (Phi) is 3.77. The summed E-state index contributed by atoms with van der Waals surface area (Å²) in [4.78, 5) is 16.6. The van der Waals surface area contributed by atoms with Crippen molar-refractivity contribution >= 4 is 16.6 Å². The first kappa shape index (κ1) is 20.1. The lowest BCUT2D eigenvalue weighted by Crippen LogP contribution is -2.57. The van der Waals surface area contributed by atoms with Gasteiger partial charge < -0.3 is 14.9 Å². The minimum absolute atomic E-state index is 0.0381. The fourth-order valence-electron chi connectivity index (χ4n) is 8.08. The van der Waals surface area contributed by atoms with E-state index in [1.165, 1.54) is 11.1 Å². The molecule has 2 bridgehead atoms. The van der Waals surface area contributed by atoms with E-state index in [2.05, 4.69) is 24.1 Å². The number of Topliss-reactive ketones (excluding diaryl/α,β-unsaturated/α-hetero) is 1. The van der Waals surface area contributed by atoms with Gasteiger partial charge in [0.15, 0.2) is 0 Å². The summed E-state index contributed by atoms with van der Waals surface area (Å²) in [5, 5.41) is 25.8. The predicted octanol–water partition coefficient (Wildman–Crippen LogP) is 4.12. The molecule has 0 radical (unpaired) electrons. The number of aliphatic hydroxyl groups is 2. The van der Waals surface area contributed by atoms with Gasteiger partial charge in [-0.1, -0.05) is 31.2 Å². The summed E-state index contributed by atoms with van der Waals surface area (Å²) < 4.78 is 6.99. The largest absolute Gasteiger partial charge is 0.390 e. The van der Waals surface area contributed by atoms with Crippen LogP contribution in [0.15, 0.2) is 60.0 Å². The van der Waals surface area contributed by atoms with Crippen LogP contribution in [0.4, 0.5) is 0 Å². The van der Waals surface area contributed by atoms with Gasteiger partial charge in [0.1, 0.15) is 11.4 Å². The quantitative estimate of drug-likeness (QED) is 0.693. The molecule has 2 saturated carbocycles. The second kappa shape index (κ2) is 6.21. The molecule has 1 saturated heterocycles. The molecule has 3 aliphatic carbocycles. The number of allylic oxidation sites excluding steroid dienone is 1. The highest BCUT2D eigenvalue weighted by Crippen LogP contribution is 2.70. The summed E-state index contributed by atoms with van der Waals surface area (Å²) in [5.74, 6) is 0.242. The van der Waals surface area contributed by atoms with Crippen LogP contribution in [0.5, 0.6) is 0 Å². The van der Waals surface area contributed by atoms with E-state index < -0.39 is 28.3 Å². The van der Waals surface area contributed by atoms with Crippen LogP contribution >= 0.6 is 0 Å². The predicted molar refractivity (Wildman–Crippen MR) is 123 cm³/mol. The zero-order valence-corrected chi connectivity index (χ0v) is 18.9. The van der Waals surface area contributed by atoms with E-state index in [1.54, 1.807) is 12.4 Å². The van der Waals surface area contributed by atoms with Crippen molar-refractivity contribution in [2.45, 2.75) is 74.8 Å². The van der Waals surface area contributed by atoms with Crippen molar-refractivity contribution in [3.63, 3.8) is 0 Å². The van der Waals surface area contributed by atoms with Gasteiger partial charge in [-0.3, -0.25) is 9.78 Å². The van der Waals surface area contributed by atoms with Gasteiger partial charge >= 0.3 is 0 Å². The number of carbonyl (C=O) groups excluding carboxylic acids is 1. The standard InChI is InChI=1S/C28H29NO4/c1-25-8-6-20-13-19-4-5-22(30)15-26(19)9-10-27(20,33-26)23(25)14-24(31)28(25,32)21-3-2-17-7-11-29-16-18(17)12-21/h2-3,6-7,11-13,16,23-24,31-32H,4-5,8-10,14-15H2,1H3/t23-,24-,25+,26-,27-,28-/m1/s1. The van der Waals surface area contributed by atoms with Crippen LogP contribution in [-0.4, -0.2) is 38.3 Å². The van der Waals surface area contributed by atoms with Crippen LogP contribution in [0.25, 0.3) is 10.8 Å². The number of pyridine rings is 1. The summed E-state index contributed by atoms with van der Waals surface area (Å²) in [7, 11) is 0. The maximum absolute atomic E-state index is 12.4. The normalized spacial score (nSPS) is 43.5. The van der Waals surface area contributed by atoms with Crippen molar-refractivity contribution < 1.29 is 19.7 Å².